The molecule has 1 aliphatic heterocycles. The molecule has 1 saturated heterocycles. The summed E-state index contributed by atoms with van der Waals surface area (Å²) in [6, 6.07) is 6.62. The zero-order valence-corrected chi connectivity index (χ0v) is 12.0. The highest BCUT2D eigenvalue weighted by Crippen LogP contribution is 2.32. The van der Waals surface area contributed by atoms with Crippen molar-refractivity contribution >= 4 is 21.6 Å². The maximum atomic E-state index is 6.09. The molecule has 4 heteroatoms. The average molecular weight is 311 g/mol. The van der Waals surface area contributed by atoms with E-state index in [0.717, 1.165) is 29.9 Å². The molecule has 0 aromatic heterocycles. The number of nitrogens with zero attached hydrogens (tertiary/aromatic N) is 1. The van der Waals surface area contributed by atoms with Gasteiger partial charge in [0.05, 0.1) is 12.7 Å². The Morgan fingerprint density at radius 1 is 1.39 bits per heavy atom. The highest BCUT2D eigenvalue weighted by molar-refractivity contribution is 9.10. The van der Waals surface area contributed by atoms with Gasteiger partial charge in [-0.15, -0.1) is 0 Å². The second-order valence-electron chi connectivity index (χ2n) is 5.19. The molecule has 18 heavy (non-hydrogen) atoms. The lowest BCUT2D eigenvalue weighted by atomic mass is 10.1. The highest BCUT2D eigenvalue weighted by atomic mass is 79.9. The third-order valence-corrected chi connectivity index (χ3v) is 4.86. The number of benzene rings is 1. The number of nitrogen functional groups attached to an aromatic ring is 1. The van der Waals surface area contributed by atoms with Crippen LogP contribution in [0.1, 0.15) is 24.8 Å². The Morgan fingerprint density at radius 2 is 2.28 bits per heavy atom. The molecule has 0 amide bonds. The second kappa shape index (κ2) is 5.19. The molecule has 0 spiro atoms. The van der Waals surface area contributed by atoms with Gasteiger partial charge < -0.3 is 10.5 Å². The lowest BCUT2D eigenvalue weighted by molar-refractivity contribution is -0.0588. The topological polar surface area (TPSA) is 38.5 Å². The summed E-state index contributed by atoms with van der Waals surface area (Å²) in [5.41, 5.74) is 8.18. The average Bonchev–Trinajstić information content (AvgIpc) is 2.83. The van der Waals surface area contributed by atoms with Crippen LogP contribution in [0, 0.1) is 0 Å². The van der Waals surface area contributed by atoms with E-state index in [-0.39, 0.29) is 0 Å². The first-order valence-corrected chi connectivity index (χ1v) is 7.43. The normalized spacial score (nSPS) is 28.3. The largest absolute Gasteiger partial charge is 0.398 e. The van der Waals surface area contributed by atoms with Crippen LogP contribution in [0.5, 0.6) is 0 Å². The van der Waals surface area contributed by atoms with Crippen molar-refractivity contribution in [2.45, 2.75) is 38.0 Å². The number of fused-ring (bicyclic) bond motifs is 1. The highest BCUT2D eigenvalue weighted by Gasteiger charge is 2.36. The zero-order chi connectivity index (χ0) is 12.5. The van der Waals surface area contributed by atoms with Crippen molar-refractivity contribution in [1.29, 1.82) is 0 Å². The van der Waals surface area contributed by atoms with Gasteiger partial charge in [-0.25, -0.2) is 0 Å². The minimum Gasteiger partial charge on any atom is -0.398 e. The molecule has 2 aliphatic rings. The molecule has 3 rings (SSSR count). The summed E-state index contributed by atoms with van der Waals surface area (Å²) in [5, 5.41) is 0. The number of rotatable bonds is 2. The summed E-state index contributed by atoms with van der Waals surface area (Å²) >= 11 is 3.61. The fourth-order valence-electron chi connectivity index (χ4n) is 3.15. The van der Waals surface area contributed by atoms with Crippen LogP contribution in [0.2, 0.25) is 0 Å². The lowest BCUT2D eigenvalue weighted by Gasteiger charge is -2.38. The summed E-state index contributed by atoms with van der Waals surface area (Å²) < 4.78 is 6.96. The van der Waals surface area contributed by atoms with Gasteiger partial charge in [-0.2, -0.15) is 0 Å². The summed E-state index contributed by atoms with van der Waals surface area (Å²) in [5.74, 6) is 0. The van der Waals surface area contributed by atoms with Gasteiger partial charge in [-0.1, -0.05) is 22.0 Å². The maximum absolute atomic E-state index is 6.09. The second-order valence-corrected chi connectivity index (χ2v) is 6.04. The molecule has 1 aromatic carbocycles. The van der Waals surface area contributed by atoms with Crippen LogP contribution in [0.25, 0.3) is 0 Å². The molecule has 1 saturated carbocycles. The molecular formula is C14H19BrN2O. The number of nitrogens with two attached hydrogens (primary N) is 1. The molecule has 2 fully saturated rings. The van der Waals surface area contributed by atoms with Crippen molar-refractivity contribution < 1.29 is 4.74 Å². The van der Waals surface area contributed by atoms with Crippen molar-refractivity contribution in [3.8, 4) is 0 Å². The van der Waals surface area contributed by atoms with E-state index in [9.17, 15) is 0 Å². The van der Waals surface area contributed by atoms with E-state index >= 15 is 0 Å². The van der Waals surface area contributed by atoms with Crippen molar-refractivity contribution in [2.24, 2.45) is 0 Å². The Bertz CT molecular complexity index is 418. The third kappa shape index (κ3) is 2.29. The van der Waals surface area contributed by atoms with Crippen LogP contribution < -0.4 is 5.73 Å². The molecule has 98 valence electrons. The molecule has 1 heterocycles. The fourth-order valence-corrected chi connectivity index (χ4v) is 3.65. The van der Waals surface area contributed by atoms with Gasteiger partial charge in [0.15, 0.2) is 0 Å². The van der Waals surface area contributed by atoms with E-state index in [4.69, 9.17) is 10.5 Å². The maximum Gasteiger partial charge on any atom is 0.0731 e. The SMILES string of the molecule is Nc1cccc(Br)c1CN1CCOC2CCCC21. The van der Waals surface area contributed by atoms with Gasteiger partial charge in [-0.3, -0.25) is 4.90 Å². The standard InChI is InChI=1S/C14H19BrN2O/c15-11-3-1-4-12(16)10(11)9-17-7-8-18-14-6-2-5-13(14)17/h1,3-4,13-14H,2,5-9,16H2. The Labute approximate surface area is 116 Å². The number of hydrogen-bond acceptors (Lipinski definition) is 3. The van der Waals surface area contributed by atoms with Crippen molar-refractivity contribution in [1.82, 2.24) is 4.90 Å². The van der Waals surface area contributed by atoms with Crippen LogP contribution in [0.4, 0.5) is 5.69 Å². The molecule has 2 atom stereocenters. The van der Waals surface area contributed by atoms with Crippen LogP contribution in [0.3, 0.4) is 0 Å². The number of ether oxygens (including phenoxy) is 1. The minimum absolute atomic E-state index is 0.447. The number of halogens is 1. The summed E-state index contributed by atoms with van der Waals surface area (Å²) in [6.45, 7) is 2.80. The van der Waals surface area contributed by atoms with Gasteiger partial charge in [0.1, 0.15) is 0 Å². The molecular weight excluding hydrogens is 292 g/mol. The predicted molar refractivity (Wildman–Crippen MR) is 76.3 cm³/mol. The van der Waals surface area contributed by atoms with Gasteiger partial charge in [0.25, 0.3) is 0 Å². The lowest BCUT2D eigenvalue weighted by Crippen LogP contribution is -2.47. The van der Waals surface area contributed by atoms with E-state index < -0.39 is 0 Å². The first kappa shape index (κ1) is 12.5. The summed E-state index contributed by atoms with van der Waals surface area (Å²) in [7, 11) is 0. The van der Waals surface area contributed by atoms with E-state index in [0.29, 0.717) is 12.1 Å². The van der Waals surface area contributed by atoms with Gasteiger partial charge in [0.2, 0.25) is 0 Å². The number of morpholine rings is 1. The van der Waals surface area contributed by atoms with Gasteiger partial charge in [-0.05, 0) is 31.4 Å². The Hall–Kier alpha value is -0.580. The molecule has 2 N–H and O–H groups in total. The van der Waals surface area contributed by atoms with E-state index in [1.165, 1.54) is 24.8 Å². The van der Waals surface area contributed by atoms with Crippen LogP contribution >= 0.6 is 15.9 Å². The first-order valence-electron chi connectivity index (χ1n) is 6.64. The van der Waals surface area contributed by atoms with Gasteiger partial charge >= 0.3 is 0 Å². The summed E-state index contributed by atoms with van der Waals surface area (Å²) in [6.07, 6.45) is 4.21. The van der Waals surface area contributed by atoms with Crippen molar-refractivity contribution in [2.75, 3.05) is 18.9 Å². The molecule has 0 bridgehead atoms. The van der Waals surface area contributed by atoms with Crippen LogP contribution in [-0.4, -0.2) is 30.2 Å². The van der Waals surface area contributed by atoms with Crippen molar-refractivity contribution in [3.05, 3.63) is 28.2 Å². The Kier molecular flexibility index (Phi) is 3.59. The van der Waals surface area contributed by atoms with E-state index in [1.54, 1.807) is 0 Å². The quantitative estimate of drug-likeness (QED) is 0.854. The molecule has 1 aromatic rings. The third-order valence-electron chi connectivity index (χ3n) is 4.11. The number of anilines is 1. The summed E-state index contributed by atoms with van der Waals surface area (Å²) in [4.78, 5) is 2.54. The molecule has 3 nitrogen and oxygen atoms in total. The van der Waals surface area contributed by atoms with Crippen molar-refractivity contribution in [3.63, 3.8) is 0 Å². The Morgan fingerprint density at radius 3 is 3.11 bits per heavy atom. The predicted octanol–water partition coefficient (Wildman–Crippen LogP) is 2.78. The molecule has 2 unspecified atom stereocenters. The van der Waals surface area contributed by atoms with Crippen LogP contribution in [-0.2, 0) is 11.3 Å². The smallest absolute Gasteiger partial charge is 0.0731 e. The molecule has 1 aliphatic carbocycles. The van der Waals surface area contributed by atoms with E-state index in [2.05, 4.69) is 26.9 Å². The zero-order valence-electron chi connectivity index (χ0n) is 10.4. The van der Waals surface area contributed by atoms with Crippen LogP contribution in [0.15, 0.2) is 22.7 Å². The minimum atomic E-state index is 0.447. The first-order chi connectivity index (χ1) is 8.75. The monoisotopic (exact) mass is 310 g/mol. The Balaban J connectivity index is 1.79. The van der Waals surface area contributed by atoms with Gasteiger partial charge in [0, 0.05) is 34.9 Å². The number of hydrogen-bond donors (Lipinski definition) is 1. The molecule has 0 radical (unpaired) electrons. The fraction of sp³-hybridized carbons (Fsp3) is 0.571. The van der Waals surface area contributed by atoms with E-state index in [1.807, 2.05) is 12.1 Å².